The molecule has 0 fully saturated rings. The van der Waals surface area contributed by atoms with E-state index in [2.05, 4.69) is 6.92 Å². The molecule has 2 heterocycles. The van der Waals surface area contributed by atoms with Crippen LogP contribution in [0.15, 0.2) is 11.5 Å². The average molecular weight is 340 g/mol. The minimum atomic E-state index is -0.282. The van der Waals surface area contributed by atoms with Gasteiger partial charge in [-0.05, 0) is 6.42 Å². The van der Waals surface area contributed by atoms with E-state index in [-0.39, 0.29) is 41.8 Å². The second kappa shape index (κ2) is 5.05. The maximum atomic E-state index is 13.4. The SMILES string of the molecule is CCC(C)C[N+]1(C)C(=O)C2=C([N+](C)(C)C(=O)[N+]2(C)C)[N+](C)(C)C1=O. The zero-order valence-electron chi connectivity index (χ0n) is 16.5. The largest absolute Gasteiger partial charge is 0.531 e. The van der Waals surface area contributed by atoms with E-state index < -0.39 is 0 Å². The van der Waals surface area contributed by atoms with E-state index in [0.717, 1.165) is 6.42 Å². The summed E-state index contributed by atoms with van der Waals surface area (Å²) in [6.07, 6.45) is 0.895. The van der Waals surface area contributed by atoms with E-state index in [1.165, 1.54) is 0 Å². The molecule has 0 aliphatic carbocycles. The van der Waals surface area contributed by atoms with Crippen LogP contribution in [0.2, 0.25) is 0 Å². The van der Waals surface area contributed by atoms with E-state index >= 15 is 0 Å². The minimum Gasteiger partial charge on any atom is -0.218 e. The Labute approximate surface area is 144 Å². The zero-order valence-corrected chi connectivity index (χ0v) is 16.5. The summed E-state index contributed by atoms with van der Waals surface area (Å²) in [6.45, 7) is 4.56. The predicted molar refractivity (Wildman–Crippen MR) is 89.7 cm³/mol. The smallest absolute Gasteiger partial charge is 0.218 e. The van der Waals surface area contributed by atoms with Gasteiger partial charge in [0, 0.05) is 5.92 Å². The molecule has 7 heteroatoms. The van der Waals surface area contributed by atoms with Gasteiger partial charge in [0.1, 0.15) is 6.54 Å². The van der Waals surface area contributed by atoms with Crippen LogP contribution in [0, 0.1) is 5.92 Å². The van der Waals surface area contributed by atoms with Crippen LogP contribution in [0.1, 0.15) is 20.3 Å². The molecule has 134 valence electrons. The number of likely N-dealkylation sites (N-methyl/N-ethyl adjacent to an activating group) is 2. The number of rotatable bonds is 3. The number of hydrogen-bond donors (Lipinski definition) is 0. The monoisotopic (exact) mass is 340 g/mol. The van der Waals surface area contributed by atoms with Crippen LogP contribution < -0.4 is 0 Å². The van der Waals surface area contributed by atoms with Crippen LogP contribution in [-0.2, 0) is 4.79 Å². The fourth-order valence-corrected chi connectivity index (χ4v) is 4.43. The molecule has 2 aliphatic heterocycles. The average Bonchev–Trinajstić information content (AvgIpc) is 2.61. The van der Waals surface area contributed by atoms with Gasteiger partial charge in [0.25, 0.3) is 0 Å². The van der Waals surface area contributed by atoms with Crippen LogP contribution in [0.25, 0.3) is 0 Å². The lowest BCUT2D eigenvalue weighted by Crippen LogP contribution is -2.71. The summed E-state index contributed by atoms with van der Waals surface area (Å²) in [7, 11) is 12.3. The van der Waals surface area contributed by atoms with Crippen LogP contribution in [0.5, 0.6) is 0 Å². The first-order chi connectivity index (χ1) is 10.7. The van der Waals surface area contributed by atoms with Gasteiger partial charge in [-0.2, -0.15) is 14.1 Å². The summed E-state index contributed by atoms with van der Waals surface area (Å²) >= 11 is 0. The number of urea groups is 2. The first-order valence-corrected chi connectivity index (χ1v) is 8.45. The highest BCUT2D eigenvalue weighted by Gasteiger charge is 2.77. The van der Waals surface area contributed by atoms with Gasteiger partial charge in [0.2, 0.25) is 0 Å². The Morgan fingerprint density at radius 1 is 0.792 bits per heavy atom. The van der Waals surface area contributed by atoms with Crippen molar-refractivity contribution in [3.05, 3.63) is 11.5 Å². The molecule has 0 radical (unpaired) electrons. The number of nitrogens with zero attached hydrogens (tertiary/aromatic N) is 4. The molecule has 0 bridgehead atoms. The van der Waals surface area contributed by atoms with Gasteiger partial charge in [-0.15, -0.1) is 13.4 Å². The van der Waals surface area contributed by atoms with Crippen molar-refractivity contribution in [1.82, 2.24) is 0 Å². The fraction of sp³-hybridized carbons (Fsp3) is 0.706. The highest BCUT2D eigenvalue weighted by Crippen LogP contribution is 2.44. The minimum absolute atomic E-state index is 0.0733. The van der Waals surface area contributed by atoms with E-state index in [1.807, 2.05) is 6.92 Å². The second-order valence-corrected chi connectivity index (χ2v) is 8.79. The maximum Gasteiger partial charge on any atom is 0.531 e. The van der Waals surface area contributed by atoms with Gasteiger partial charge in [-0.3, -0.25) is 0 Å². The number of amides is 5. The molecule has 5 amide bonds. The summed E-state index contributed by atoms with van der Waals surface area (Å²) in [5.41, 5.74) is 0.459. The highest BCUT2D eigenvalue weighted by molar-refractivity contribution is 5.97. The van der Waals surface area contributed by atoms with Crippen molar-refractivity contribution in [2.75, 3.05) is 55.9 Å². The van der Waals surface area contributed by atoms with Crippen molar-refractivity contribution in [1.29, 1.82) is 0 Å². The van der Waals surface area contributed by atoms with Crippen LogP contribution in [0.4, 0.5) is 9.59 Å². The standard InChI is InChI=1S/C17H32N4O3/c1-10-12(2)11-21(9)15(22)13-14(20(7,8)17(21)24)19(5,6)16(23)18(13,3)4/h12H,10-11H2,1-9H3/q+4. The van der Waals surface area contributed by atoms with Crippen LogP contribution >= 0.6 is 0 Å². The number of carbonyl (C=O) groups is 3. The molecular formula is C17H32N4O3+4. The Morgan fingerprint density at radius 3 is 1.71 bits per heavy atom. The van der Waals surface area contributed by atoms with Crippen molar-refractivity contribution in [3.63, 3.8) is 0 Å². The highest BCUT2D eigenvalue weighted by atomic mass is 16.2. The zero-order chi connectivity index (χ0) is 18.9. The Morgan fingerprint density at radius 2 is 1.25 bits per heavy atom. The van der Waals surface area contributed by atoms with E-state index in [1.54, 1.807) is 49.3 Å². The van der Waals surface area contributed by atoms with Gasteiger partial charge in [-0.1, -0.05) is 13.8 Å². The van der Waals surface area contributed by atoms with Gasteiger partial charge in [-0.25, -0.2) is 4.79 Å². The third kappa shape index (κ3) is 2.08. The van der Waals surface area contributed by atoms with Gasteiger partial charge in [0.15, 0.2) is 0 Å². The van der Waals surface area contributed by atoms with Crippen molar-refractivity contribution < 1.29 is 32.3 Å². The molecule has 0 aromatic carbocycles. The Kier molecular flexibility index (Phi) is 3.98. The van der Waals surface area contributed by atoms with Crippen LogP contribution in [-0.4, -0.2) is 91.8 Å². The number of hydrogen-bond acceptors (Lipinski definition) is 3. The number of imide groups is 1. The van der Waals surface area contributed by atoms with Crippen molar-refractivity contribution in [2.45, 2.75) is 20.3 Å². The number of quaternary nitrogens is 4. The molecule has 0 saturated heterocycles. The van der Waals surface area contributed by atoms with Crippen molar-refractivity contribution in [2.24, 2.45) is 5.92 Å². The summed E-state index contributed by atoms with van der Waals surface area (Å²) in [5.74, 6) is 0.579. The van der Waals surface area contributed by atoms with Crippen molar-refractivity contribution in [3.8, 4) is 0 Å². The van der Waals surface area contributed by atoms with Gasteiger partial charge < -0.3 is 0 Å². The first-order valence-electron chi connectivity index (χ1n) is 8.45. The molecule has 2 unspecified atom stereocenters. The molecular weight excluding hydrogens is 308 g/mol. The second-order valence-electron chi connectivity index (χ2n) is 8.79. The summed E-state index contributed by atoms with van der Waals surface area (Å²) in [4.78, 5) is 39.7. The third-order valence-electron chi connectivity index (χ3n) is 5.71. The van der Waals surface area contributed by atoms with Crippen LogP contribution in [0.3, 0.4) is 0 Å². The number of carbonyl (C=O) groups excluding carboxylic acids is 3. The molecule has 2 aliphatic rings. The summed E-state index contributed by atoms with van der Waals surface area (Å²) in [5, 5.41) is 0. The fourth-order valence-electron chi connectivity index (χ4n) is 4.43. The van der Waals surface area contributed by atoms with Crippen molar-refractivity contribution >= 4 is 18.0 Å². The summed E-state index contributed by atoms with van der Waals surface area (Å²) in [6, 6.07) is -0.288. The van der Waals surface area contributed by atoms with E-state index in [0.29, 0.717) is 18.1 Å². The Hall–Kier alpha value is -1.41. The molecule has 2 atom stereocenters. The normalized spacial score (nSPS) is 32.1. The molecule has 0 N–H and O–H groups in total. The third-order valence-corrected chi connectivity index (χ3v) is 5.71. The maximum absolute atomic E-state index is 13.4. The molecule has 2 rings (SSSR count). The van der Waals surface area contributed by atoms with Gasteiger partial charge >= 0.3 is 29.5 Å². The topological polar surface area (TPSA) is 51.2 Å². The first kappa shape index (κ1) is 18.9. The van der Waals surface area contributed by atoms with E-state index in [9.17, 15) is 14.4 Å². The lowest BCUT2D eigenvalue weighted by Gasteiger charge is -2.38. The predicted octanol–water partition coefficient (Wildman–Crippen LogP) is 1.67. The molecule has 0 aromatic heterocycles. The van der Waals surface area contributed by atoms with Gasteiger partial charge in [0.05, 0.1) is 49.3 Å². The lowest BCUT2D eigenvalue weighted by molar-refractivity contribution is -0.980. The Bertz CT molecular complexity index is 675. The lowest BCUT2D eigenvalue weighted by atomic mass is 10.1. The quantitative estimate of drug-likeness (QED) is 0.735. The molecule has 0 aromatic rings. The molecule has 0 spiro atoms. The van der Waals surface area contributed by atoms with E-state index in [4.69, 9.17) is 0 Å². The molecule has 7 nitrogen and oxygen atoms in total. The molecule has 0 saturated carbocycles. The Balaban J connectivity index is 2.78. The molecule has 24 heavy (non-hydrogen) atoms. The summed E-state index contributed by atoms with van der Waals surface area (Å²) < 4.78 is -0.551.